The molecule has 130 heavy (non-hydrogen) atoms. The summed E-state index contributed by atoms with van der Waals surface area (Å²) in [4.78, 5) is 264. The van der Waals surface area contributed by atoms with Gasteiger partial charge in [0.05, 0.1) is 55.9 Å². The van der Waals surface area contributed by atoms with Crippen LogP contribution in [0.2, 0.25) is 0 Å². The van der Waals surface area contributed by atoms with Crippen LogP contribution in [0.4, 0.5) is 0 Å². The van der Waals surface area contributed by atoms with Crippen LogP contribution >= 0.6 is 0 Å². The van der Waals surface area contributed by atoms with Crippen LogP contribution in [-0.2, 0) is 104 Å². The van der Waals surface area contributed by atoms with Gasteiger partial charge in [-0.05, 0) is 155 Å². The van der Waals surface area contributed by atoms with Crippen LogP contribution < -0.4 is 132 Å². The molecule has 0 fully saturated rings. The van der Waals surface area contributed by atoms with Crippen LogP contribution in [0, 0.1) is 16.7 Å². The molecule has 38 N–H and O–H groups in total. The molecule has 49 nitrogen and oxygen atoms in total. The number of carbonyl (C=O) groups excluding carboxylic acids is 19. The Bertz CT molecular complexity index is 4210. The van der Waals surface area contributed by atoms with Crippen LogP contribution in [0.3, 0.4) is 0 Å². The number of nitrogens with zero attached hydrogens (tertiary/aromatic N) is 2. The van der Waals surface area contributed by atoms with E-state index in [1.54, 1.807) is 74.5 Å². The molecule has 2 aromatic carbocycles. The van der Waals surface area contributed by atoms with Crippen molar-refractivity contribution in [2.24, 2.45) is 63.3 Å². The largest absolute Gasteiger partial charge is 0.394 e. The number of primary amides is 3. The number of benzene rings is 2. The average molecular weight is 1840 g/mol. The number of hydrogen-bond donors (Lipinski definition) is 28. The van der Waals surface area contributed by atoms with E-state index in [4.69, 9.17) is 68.2 Å². The topological polar surface area (TPSA) is 848 Å². The summed E-state index contributed by atoms with van der Waals surface area (Å²) in [5, 5.41) is 71.4. The summed E-state index contributed by atoms with van der Waals surface area (Å²) in [6, 6.07) is -3.63. The van der Waals surface area contributed by atoms with Gasteiger partial charge in [-0.15, -0.1) is 0 Å². The van der Waals surface area contributed by atoms with Crippen molar-refractivity contribution in [1.82, 2.24) is 84.2 Å². The van der Waals surface area contributed by atoms with E-state index < -0.39 is 272 Å². The van der Waals surface area contributed by atoms with Gasteiger partial charge in [0.2, 0.25) is 100 Å². The Kier molecular flexibility index (Phi) is 49.6. The average Bonchev–Trinajstić information content (AvgIpc) is 0.799. The molecule has 13 atom stereocenters. The van der Waals surface area contributed by atoms with E-state index in [2.05, 4.69) is 74.4 Å². The SMILES string of the molecule is CC(C)C[C@H](NC(=O)[C@H](CCCCN)NC(=O)[C@H](CCCNC(=N)N)N(C(=O)[C@H](CO)NC(=O)[C@H](CCCCN)NC(=O)[C@H](CCCNC(=N)N)NC(=O)CNC(=O)[C@@H](NC(=O)[C@H](Cc1ccccc1)NC(=O)CNC(=O)CNC(=O)[C@@H](N)Cc1ccccc1)[C@@H](C)O)C(=O)C(C)(C)N)C(=O)N[C@@H](C)C(=O)N[C@@H](CC(N)=O)C(=O)N(C(=O)C(C)(C)N)[C@@H](CCC(N)=O)C(N)=O. The van der Waals surface area contributed by atoms with E-state index in [0.29, 0.717) is 10.5 Å². The normalized spacial score (nSPS) is 14.2. The van der Waals surface area contributed by atoms with Gasteiger partial charge >= 0.3 is 0 Å². The Balaban J connectivity index is 2.60. The van der Waals surface area contributed by atoms with Crippen molar-refractivity contribution >= 4 is 124 Å². The highest BCUT2D eigenvalue weighted by Crippen LogP contribution is 2.21. The van der Waals surface area contributed by atoms with Gasteiger partial charge in [0, 0.05) is 25.9 Å². The van der Waals surface area contributed by atoms with Crippen molar-refractivity contribution in [3.8, 4) is 0 Å². The molecule has 0 saturated heterocycles. The van der Waals surface area contributed by atoms with Crippen LogP contribution in [0.25, 0.3) is 0 Å². The Morgan fingerprint density at radius 2 is 0.823 bits per heavy atom. The highest BCUT2D eigenvalue weighted by atomic mass is 16.3. The summed E-state index contributed by atoms with van der Waals surface area (Å²) in [5.74, 6) is -22.8. The van der Waals surface area contributed by atoms with Gasteiger partial charge in [0.15, 0.2) is 11.9 Å². The maximum atomic E-state index is 15.3. The third kappa shape index (κ3) is 41.9. The number of imide groups is 2. The second-order valence-corrected chi connectivity index (χ2v) is 32.6. The Labute approximate surface area is 752 Å². The molecular formula is C81H134N28O21. The molecule has 0 radical (unpaired) electrons. The zero-order valence-electron chi connectivity index (χ0n) is 74.6. The summed E-state index contributed by atoms with van der Waals surface area (Å²) in [5.41, 5.74) is 54.8. The van der Waals surface area contributed by atoms with Crippen molar-refractivity contribution in [2.75, 3.05) is 52.4 Å². The molecule has 0 spiro atoms. The molecule has 724 valence electrons. The second kappa shape index (κ2) is 57.1. The summed E-state index contributed by atoms with van der Waals surface area (Å²) in [6.07, 6.45) is -5.03. The first-order valence-electron chi connectivity index (χ1n) is 42.3. The summed E-state index contributed by atoms with van der Waals surface area (Å²) in [6.45, 7) is 6.48. The fraction of sp³-hybridized carbons (Fsp3) is 0.593. The van der Waals surface area contributed by atoms with Crippen molar-refractivity contribution in [3.63, 3.8) is 0 Å². The second-order valence-electron chi connectivity index (χ2n) is 32.6. The minimum atomic E-state index is -2.20. The summed E-state index contributed by atoms with van der Waals surface area (Å²) in [7, 11) is 0. The van der Waals surface area contributed by atoms with Gasteiger partial charge in [-0.2, -0.15) is 0 Å². The lowest BCUT2D eigenvalue weighted by Crippen LogP contribution is -2.66. The van der Waals surface area contributed by atoms with Crippen LogP contribution in [-0.4, -0.2) is 286 Å². The monoisotopic (exact) mass is 1840 g/mol. The minimum absolute atomic E-state index is 0.0233. The molecule has 2 rings (SSSR count). The number of nitrogens with two attached hydrogens (primary N) is 10. The number of guanidine groups is 2. The quantitative estimate of drug-likeness (QED) is 0.0166. The maximum Gasteiger partial charge on any atom is 0.254 e. The first-order chi connectivity index (χ1) is 60.9. The fourth-order valence-electron chi connectivity index (χ4n) is 12.7. The molecule has 2 aromatic rings. The smallest absolute Gasteiger partial charge is 0.254 e. The summed E-state index contributed by atoms with van der Waals surface area (Å²) >= 11 is 0. The van der Waals surface area contributed by atoms with Crippen LogP contribution in [0.5, 0.6) is 0 Å². The number of hydrogen-bond acceptors (Lipinski definition) is 28. The fourth-order valence-corrected chi connectivity index (χ4v) is 12.7. The molecule has 0 heterocycles. The Morgan fingerprint density at radius 1 is 0.415 bits per heavy atom. The van der Waals surface area contributed by atoms with Gasteiger partial charge in [0.25, 0.3) is 11.8 Å². The van der Waals surface area contributed by atoms with E-state index in [-0.39, 0.29) is 108 Å². The molecular weight excluding hydrogens is 1700 g/mol. The lowest BCUT2D eigenvalue weighted by molar-refractivity contribution is -0.157. The lowest BCUT2D eigenvalue weighted by Gasteiger charge is -2.36. The maximum absolute atomic E-state index is 15.3. The Hall–Kier alpha value is -13.0. The molecule has 0 saturated carbocycles. The first-order valence-corrected chi connectivity index (χ1v) is 42.3. The Morgan fingerprint density at radius 3 is 1.28 bits per heavy atom. The highest BCUT2D eigenvalue weighted by molar-refractivity contribution is 6.09. The molecule has 0 aromatic heterocycles. The minimum Gasteiger partial charge on any atom is -0.394 e. The predicted molar refractivity (Wildman–Crippen MR) is 472 cm³/mol. The molecule has 0 bridgehead atoms. The molecule has 0 aliphatic rings. The number of rotatable bonds is 60. The van der Waals surface area contributed by atoms with Crippen molar-refractivity contribution in [1.29, 1.82) is 10.8 Å². The van der Waals surface area contributed by atoms with E-state index in [9.17, 15) is 91.7 Å². The third-order valence-electron chi connectivity index (χ3n) is 19.5. The number of carbonyl (C=O) groups is 19. The van der Waals surface area contributed by atoms with Gasteiger partial charge in [-0.25, -0.2) is 0 Å². The molecule has 49 heteroatoms. The third-order valence-corrected chi connectivity index (χ3v) is 19.5. The van der Waals surface area contributed by atoms with E-state index in [0.717, 1.165) is 47.1 Å². The predicted octanol–water partition coefficient (Wildman–Crippen LogP) is -10.7. The zero-order valence-corrected chi connectivity index (χ0v) is 74.6. The highest BCUT2D eigenvalue weighted by Gasteiger charge is 2.47. The molecule has 0 aliphatic heterocycles. The van der Waals surface area contributed by atoms with Crippen molar-refractivity contribution < 1.29 is 101 Å². The molecule has 19 amide bonds. The van der Waals surface area contributed by atoms with Gasteiger partial charge in [-0.1, -0.05) is 74.5 Å². The van der Waals surface area contributed by atoms with Crippen molar-refractivity contribution in [3.05, 3.63) is 71.8 Å². The van der Waals surface area contributed by atoms with Crippen LogP contribution in [0.15, 0.2) is 60.7 Å². The van der Waals surface area contributed by atoms with E-state index in [1.807, 2.05) is 0 Å². The lowest BCUT2D eigenvalue weighted by atomic mass is 9.98. The molecule has 0 aliphatic carbocycles. The van der Waals surface area contributed by atoms with E-state index >= 15 is 9.59 Å². The number of aliphatic hydroxyl groups is 2. The number of unbranched alkanes of at least 4 members (excludes halogenated alkanes) is 2. The molecule has 0 unspecified atom stereocenters. The summed E-state index contributed by atoms with van der Waals surface area (Å²) < 4.78 is 0. The number of nitrogens with one attached hydrogen (secondary N) is 16. The van der Waals surface area contributed by atoms with E-state index in [1.165, 1.54) is 0 Å². The van der Waals surface area contributed by atoms with Gasteiger partial charge in [-0.3, -0.25) is 112 Å². The van der Waals surface area contributed by atoms with Gasteiger partial charge < -0.3 is 142 Å². The number of aliphatic hydroxyl groups excluding tert-OH is 2. The number of amides is 19. The van der Waals surface area contributed by atoms with Crippen LogP contribution in [0.1, 0.15) is 156 Å². The van der Waals surface area contributed by atoms with Crippen molar-refractivity contribution in [2.45, 2.75) is 248 Å². The van der Waals surface area contributed by atoms with Gasteiger partial charge in [0.1, 0.15) is 66.5 Å². The first kappa shape index (κ1) is 113. The standard InChI is InChI=1S/C81H134N28O21/c1-43(2)35-52(70(123)99-44(3)65(118)105-54(38-59(86)113)74(127)108(76(129)80(5,6)92)56(64(87)117)29-30-58(85)112)104-68(121)51(26-16-18-32-83)103-72(125)57(28-20-34-95-79(90)91)109(77(130)81(7,8)93)75(128)55(42-110)106-69(122)50(25-15-17-31-82)102-67(120)49(27-19-33-94-78(88)89)100-62(116)41-98-73(126)63(45(4)111)107-71(124)53(37-47-23-13-10-14-24-47)101-61(115)40-96-60(114)39-97-66(119)48(84)36-46-21-11-9-12-22-46/h9-14,21-24,43-45,48-57,63,110-111H,15-20,25-42,82-84,92-93H2,1-8H3,(H2,85,112)(H2,86,113)(H2,87,117)(H,96,114)(H,97,119)(H,98,126)(H,99,123)(H,100,116)(H,101,115)(H,102,120)(H,103,125)(H,104,121)(H,105,118)(H,106,122)(H,107,124)(H4,88,89,94)(H4,90,91,95)/t44-,45+,48-,49-,50-,51-,52-,53-,54-,55-,56-,57-,63-/m0/s1. The zero-order chi connectivity index (χ0) is 98.5.